The molecule has 1 aromatic carbocycles. The standard InChI is InChI=1S/C16H18N2O2/c1-3-8-13(4-2)18-11-14(19)17-15(16(18)20)12-9-6-5-7-10-12/h1,5-7,9-10,13,15H,4,8,11H2,2H3,(H,17,19). The van der Waals surface area contributed by atoms with Crippen molar-refractivity contribution < 1.29 is 9.59 Å². The highest BCUT2D eigenvalue weighted by molar-refractivity contribution is 5.95. The van der Waals surface area contributed by atoms with Crippen LogP contribution in [0.5, 0.6) is 0 Å². The molecule has 4 nitrogen and oxygen atoms in total. The molecular formula is C16H18N2O2. The minimum absolute atomic E-state index is 0.0789. The molecule has 4 heteroatoms. The summed E-state index contributed by atoms with van der Waals surface area (Å²) in [6.45, 7) is 2.06. The number of carbonyl (C=O) groups excluding carboxylic acids is 2. The average molecular weight is 270 g/mol. The van der Waals surface area contributed by atoms with E-state index in [0.29, 0.717) is 6.42 Å². The van der Waals surface area contributed by atoms with Crippen LogP contribution in [0.2, 0.25) is 0 Å². The summed E-state index contributed by atoms with van der Waals surface area (Å²) in [5, 5.41) is 2.75. The molecule has 0 bridgehead atoms. The second kappa shape index (κ2) is 6.25. The van der Waals surface area contributed by atoms with Gasteiger partial charge in [0.15, 0.2) is 0 Å². The molecule has 2 unspecified atom stereocenters. The first kappa shape index (κ1) is 14.1. The highest BCUT2D eigenvalue weighted by Crippen LogP contribution is 2.22. The van der Waals surface area contributed by atoms with Gasteiger partial charge in [-0.1, -0.05) is 37.3 Å². The third-order valence-electron chi connectivity index (χ3n) is 3.55. The Morgan fingerprint density at radius 3 is 2.70 bits per heavy atom. The second-order valence-electron chi connectivity index (χ2n) is 4.85. The van der Waals surface area contributed by atoms with Crippen molar-refractivity contribution in [2.45, 2.75) is 31.8 Å². The number of terminal acetylenes is 1. The van der Waals surface area contributed by atoms with Crippen molar-refractivity contribution in [3.63, 3.8) is 0 Å². The maximum Gasteiger partial charge on any atom is 0.250 e. The minimum atomic E-state index is -0.607. The number of nitrogens with one attached hydrogen (secondary N) is 1. The number of piperazine rings is 1. The van der Waals surface area contributed by atoms with Crippen LogP contribution in [0.15, 0.2) is 30.3 Å². The lowest BCUT2D eigenvalue weighted by Crippen LogP contribution is -2.56. The molecule has 1 fully saturated rings. The smallest absolute Gasteiger partial charge is 0.250 e. The van der Waals surface area contributed by atoms with E-state index >= 15 is 0 Å². The van der Waals surface area contributed by atoms with Crippen LogP contribution in [-0.2, 0) is 9.59 Å². The van der Waals surface area contributed by atoms with Gasteiger partial charge in [0, 0.05) is 12.5 Å². The van der Waals surface area contributed by atoms with Gasteiger partial charge in [-0.05, 0) is 12.0 Å². The Balaban J connectivity index is 2.26. The number of hydrogen-bond donors (Lipinski definition) is 1. The molecular weight excluding hydrogens is 252 g/mol. The third-order valence-corrected chi connectivity index (χ3v) is 3.55. The van der Waals surface area contributed by atoms with E-state index in [2.05, 4.69) is 11.2 Å². The molecule has 0 radical (unpaired) electrons. The van der Waals surface area contributed by atoms with Gasteiger partial charge in [0.1, 0.15) is 6.04 Å². The molecule has 2 amide bonds. The Kier molecular flexibility index (Phi) is 4.41. The van der Waals surface area contributed by atoms with E-state index < -0.39 is 6.04 Å². The molecule has 0 aromatic heterocycles. The van der Waals surface area contributed by atoms with E-state index in [0.717, 1.165) is 12.0 Å². The molecule has 1 aliphatic heterocycles. The summed E-state index contributed by atoms with van der Waals surface area (Å²) < 4.78 is 0. The minimum Gasteiger partial charge on any atom is -0.339 e. The lowest BCUT2D eigenvalue weighted by Gasteiger charge is -2.37. The highest BCUT2D eigenvalue weighted by atomic mass is 16.2. The number of amides is 2. The lowest BCUT2D eigenvalue weighted by molar-refractivity contribution is -0.146. The average Bonchev–Trinajstić information content (AvgIpc) is 2.48. The fourth-order valence-corrected chi connectivity index (χ4v) is 2.46. The largest absolute Gasteiger partial charge is 0.339 e. The van der Waals surface area contributed by atoms with Crippen LogP contribution in [0.1, 0.15) is 31.4 Å². The third kappa shape index (κ3) is 2.83. The van der Waals surface area contributed by atoms with Gasteiger partial charge in [0.05, 0.1) is 6.54 Å². The molecule has 0 saturated carbocycles. The van der Waals surface area contributed by atoms with Crippen molar-refractivity contribution in [2.24, 2.45) is 0 Å². The van der Waals surface area contributed by atoms with E-state index in [4.69, 9.17) is 6.42 Å². The number of nitrogens with zero attached hydrogens (tertiary/aromatic N) is 1. The quantitative estimate of drug-likeness (QED) is 0.843. The Labute approximate surface area is 119 Å². The van der Waals surface area contributed by atoms with E-state index in [1.54, 1.807) is 4.90 Å². The Hall–Kier alpha value is -2.28. The zero-order valence-electron chi connectivity index (χ0n) is 11.5. The fraction of sp³-hybridized carbons (Fsp3) is 0.375. The summed E-state index contributed by atoms with van der Waals surface area (Å²) in [5.41, 5.74) is 0.797. The number of carbonyl (C=O) groups is 2. The molecule has 20 heavy (non-hydrogen) atoms. The van der Waals surface area contributed by atoms with Gasteiger partial charge >= 0.3 is 0 Å². The maximum atomic E-state index is 12.6. The molecule has 2 rings (SSSR count). The first-order valence-corrected chi connectivity index (χ1v) is 6.75. The van der Waals surface area contributed by atoms with Gasteiger partial charge in [-0.25, -0.2) is 0 Å². The van der Waals surface area contributed by atoms with Crippen molar-refractivity contribution >= 4 is 11.8 Å². The van der Waals surface area contributed by atoms with Crippen LogP contribution in [0.25, 0.3) is 0 Å². The summed E-state index contributed by atoms with van der Waals surface area (Å²) in [4.78, 5) is 26.1. The molecule has 104 valence electrons. The maximum absolute atomic E-state index is 12.6. The monoisotopic (exact) mass is 270 g/mol. The van der Waals surface area contributed by atoms with Crippen LogP contribution < -0.4 is 5.32 Å². The summed E-state index contributed by atoms with van der Waals surface area (Å²) in [6, 6.07) is 8.58. The molecule has 1 N–H and O–H groups in total. The molecule has 1 saturated heterocycles. The number of rotatable bonds is 4. The van der Waals surface area contributed by atoms with Crippen molar-refractivity contribution in [1.29, 1.82) is 0 Å². The van der Waals surface area contributed by atoms with Gasteiger partial charge in [0.25, 0.3) is 5.91 Å². The van der Waals surface area contributed by atoms with Gasteiger partial charge in [-0.3, -0.25) is 9.59 Å². The van der Waals surface area contributed by atoms with E-state index in [-0.39, 0.29) is 24.4 Å². The van der Waals surface area contributed by atoms with Crippen molar-refractivity contribution in [1.82, 2.24) is 10.2 Å². The van der Waals surface area contributed by atoms with E-state index in [1.807, 2.05) is 37.3 Å². The van der Waals surface area contributed by atoms with Crippen molar-refractivity contribution in [3.05, 3.63) is 35.9 Å². The van der Waals surface area contributed by atoms with E-state index in [1.165, 1.54) is 0 Å². The first-order chi connectivity index (χ1) is 9.67. The van der Waals surface area contributed by atoms with Crippen LogP contribution >= 0.6 is 0 Å². The van der Waals surface area contributed by atoms with Gasteiger partial charge in [0.2, 0.25) is 5.91 Å². The lowest BCUT2D eigenvalue weighted by atomic mass is 10.0. The Bertz CT molecular complexity index is 533. The van der Waals surface area contributed by atoms with Gasteiger partial charge in [-0.2, -0.15) is 0 Å². The molecule has 0 spiro atoms. The normalized spacial score (nSPS) is 20.2. The van der Waals surface area contributed by atoms with Gasteiger partial charge in [-0.15, -0.1) is 12.3 Å². The van der Waals surface area contributed by atoms with Crippen LogP contribution in [0.4, 0.5) is 0 Å². The molecule has 1 aliphatic rings. The van der Waals surface area contributed by atoms with Crippen LogP contribution in [0, 0.1) is 12.3 Å². The number of benzene rings is 1. The van der Waals surface area contributed by atoms with Gasteiger partial charge < -0.3 is 10.2 Å². The predicted octanol–water partition coefficient (Wildman–Crippen LogP) is 1.49. The second-order valence-corrected chi connectivity index (χ2v) is 4.85. The summed E-state index contributed by atoms with van der Waals surface area (Å²) in [6.07, 6.45) is 6.56. The SMILES string of the molecule is C#CCC(CC)N1CC(=O)NC(c2ccccc2)C1=O. The Morgan fingerprint density at radius 2 is 2.10 bits per heavy atom. The molecule has 1 aromatic rings. The van der Waals surface area contributed by atoms with Crippen molar-refractivity contribution in [3.8, 4) is 12.3 Å². The predicted molar refractivity (Wildman–Crippen MR) is 76.6 cm³/mol. The summed E-state index contributed by atoms with van der Waals surface area (Å²) >= 11 is 0. The highest BCUT2D eigenvalue weighted by Gasteiger charge is 2.36. The number of hydrogen-bond acceptors (Lipinski definition) is 2. The molecule has 0 aliphatic carbocycles. The fourth-order valence-electron chi connectivity index (χ4n) is 2.46. The first-order valence-electron chi connectivity index (χ1n) is 6.75. The molecule has 2 atom stereocenters. The van der Waals surface area contributed by atoms with Crippen molar-refractivity contribution in [2.75, 3.05) is 6.54 Å². The summed E-state index contributed by atoms with van der Waals surface area (Å²) in [7, 11) is 0. The topological polar surface area (TPSA) is 49.4 Å². The summed E-state index contributed by atoms with van der Waals surface area (Å²) in [5.74, 6) is 2.35. The molecule has 1 heterocycles. The van der Waals surface area contributed by atoms with Crippen LogP contribution in [0.3, 0.4) is 0 Å². The zero-order valence-corrected chi connectivity index (χ0v) is 11.5. The zero-order chi connectivity index (χ0) is 14.5. The van der Waals surface area contributed by atoms with Crippen LogP contribution in [-0.4, -0.2) is 29.3 Å². The van der Waals surface area contributed by atoms with E-state index in [9.17, 15) is 9.59 Å². The Morgan fingerprint density at radius 1 is 1.40 bits per heavy atom.